The van der Waals surface area contributed by atoms with Gasteiger partial charge in [0, 0.05) is 23.5 Å². The molecule has 5 nitrogen and oxygen atoms in total. The van der Waals surface area contributed by atoms with Crippen molar-refractivity contribution in [1.82, 2.24) is 15.0 Å². The Morgan fingerprint density at radius 1 is 1.04 bits per heavy atom. The number of aromatic nitrogens is 3. The fraction of sp³-hybridized carbons (Fsp3) is 0.118. The van der Waals surface area contributed by atoms with Gasteiger partial charge in [-0.05, 0) is 36.8 Å². The predicted octanol–water partition coefficient (Wildman–Crippen LogP) is 4.58. The van der Waals surface area contributed by atoms with Gasteiger partial charge in [-0.3, -0.25) is 4.98 Å². The quantitative estimate of drug-likeness (QED) is 0.710. The van der Waals surface area contributed by atoms with Gasteiger partial charge in [-0.2, -0.15) is 0 Å². The minimum atomic E-state index is -0.262. The van der Waals surface area contributed by atoms with Gasteiger partial charge in [-0.15, -0.1) is 0 Å². The number of nitrogens with zero attached hydrogens (tertiary/aromatic N) is 3. The second kappa shape index (κ2) is 7.23. The Morgan fingerprint density at radius 3 is 2.50 bits per heavy atom. The lowest BCUT2D eigenvalue weighted by Gasteiger charge is -2.16. The monoisotopic (exact) mass is 343 g/mol. The van der Waals surface area contributed by atoms with E-state index in [-0.39, 0.29) is 11.9 Å². The van der Waals surface area contributed by atoms with Crippen molar-refractivity contribution >= 4 is 29.1 Å². The summed E-state index contributed by atoms with van der Waals surface area (Å²) in [5.74, 6) is 1.47. The van der Waals surface area contributed by atoms with Crippen molar-refractivity contribution < 1.29 is 4.39 Å². The molecule has 0 fully saturated rings. The predicted molar refractivity (Wildman–Crippen MR) is 93.0 cm³/mol. The highest BCUT2D eigenvalue weighted by Gasteiger charge is 2.08. The Morgan fingerprint density at radius 2 is 1.79 bits per heavy atom. The van der Waals surface area contributed by atoms with Gasteiger partial charge in [-0.1, -0.05) is 23.7 Å². The molecule has 122 valence electrons. The minimum Gasteiger partial charge on any atom is -0.363 e. The summed E-state index contributed by atoms with van der Waals surface area (Å²) in [4.78, 5) is 12.6. The molecule has 0 radical (unpaired) electrons. The maximum atomic E-state index is 13.0. The molecule has 2 aromatic heterocycles. The van der Waals surface area contributed by atoms with Crippen molar-refractivity contribution in [2.75, 3.05) is 10.6 Å². The lowest BCUT2D eigenvalue weighted by molar-refractivity contribution is 0.626. The molecule has 0 spiro atoms. The van der Waals surface area contributed by atoms with Crippen molar-refractivity contribution in [3.63, 3.8) is 0 Å². The summed E-state index contributed by atoms with van der Waals surface area (Å²) < 4.78 is 13.0. The van der Waals surface area contributed by atoms with Crippen LogP contribution in [0.4, 0.5) is 21.8 Å². The Kier molecular flexibility index (Phi) is 4.86. The number of benzene rings is 1. The smallest absolute Gasteiger partial charge is 0.150 e. The van der Waals surface area contributed by atoms with E-state index in [0.717, 1.165) is 5.56 Å². The minimum absolute atomic E-state index is 0.0547. The summed E-state index contributed by atoms with van der Waals surface area (Å²) in [6.07, 6.45) is 4.77. The van der Waals surface area contributed by atoms with Gasteiger partial charge < -0.3 is 10.6 Å². The number of rotatable bonds is 5. The lowest BCUT2D eigenvalue weighted by Crippen LogP contribution is -2.09. The molecule has 1 aromatic carbocycles. The van der Waals surface area contributed by atoms with E-state index < -0.39 is 0 Å². The van der Waals surface area contributed by atoms with E-state index in [1.54, 1.807) is 42.9 Å². The average Bonchev–Trinajstić information content (AvgIpc) is 2.55. The van der Waals surface area contributed by atoms with Crippen LogP contribution in [0.3, 0.4) is 0 Å². The van der Waals surface area contributed by atoms with Crippen molar-refractivity contribution in [2.45, 2.75) is 13.0 Å². The number of anilines is 3. The van der Waals surface area contributed by atoms with Crippen LogP contribution in [0.25, 0.3) is 0 Å². The van der Waals surface area contributed by atoms with E-state index >= 15 is 0 Å². The van der Waals surface area contributed by atoms with Gasteiger partial charge >= 0.3 is 0 Å². The van der Waals surface area contributed by atoms with Crippen LogP contribution in [0.1, 0.15) is 18.5 Å². The molecule has 0 unspecified atom stereocenters. The molecule has 0 saturated carbocycles. The summed E-state index contributed by atoms with van der Waals surface area (Å²) in [6, 6.07) is 9.70. The van der Waals surface area contributed by atoms with Crippen LogP contribution < -0.4 is 10.6 Å². The topological polar surface area (TPSA) is 62.7 Å². The maximum Gasteiger partial charge on any atom is 0.150 e. The molecule has 2 N–H and O–H groups in total. The maximum absolute atomic E-state index is 13.0. The second-order valence-electron chi connectivity index (χ2n) is 5.19. The van der Waals surface area contributed by atoms with Crippen molar-refractivity contribution in [3.05, 3.63) is 71.4 Å². The summed E-state index contributed by atoms with van der Waals surface area (Å²) in [5, 5.41) is 6.83. The third kappa shape index (κ3) is 4.17. The zero-order valence-corrected chi connectivity index (χ0v) is 13.6. The normalized spacial score (nSPS) is 11.8. The molecule has 0 aliphatic rings. The van der Waals surface area contributed by atoms with Crippen molar-refractivity contribution in [2.24, 2.45) is 0 Å². The third-order valence-electron chi connectivity index (χ3n) is 3.34. The van der Waals surface area contributed by atoms with Crippen LogP contribution >= 0.6 is 11.6 Å². The van der Waals surface area contributed by atoms with Gasteiger partial charge in [0.15, 0.2) is 0 Å². The van der Waals surface area contributed by atoms with E-state index in [4.69, 9.17) is 11.6 Å². The molecule has 0 bridgehead atoms. The first-order valence-corrected chi connectivity index (χ1v) is 7.70. The van der Waals surface area contributed by atoms with E-state index in [0.29, 0.717) is 22.5 Å². The Hall–Kier alpha value is -2.73. The Labute approximate surface area is 144 Å². The largest absolute Gasteiger partial charge is 0.363 e. The molecule has 7 heteroatoms. The molecule has 3 aromatic rings. The second-order valence-corrected chi connectivity index (χ2v) is 5.63. The van der Waals surface area contributed by atoms with E-state index in [9.17, 15) is 4.39 Å². The fourth-order valence-corrected chi connectivity index (χ4v) is 2.39. The molecule has 24 heavy (non-hydrogen) atoms. The average molecular weight is 344 g/mol. The molecule has 0 saturated heterocycles. The molecule has 2 heterocycles. The molecular formula is C17H15ClFN5. The van der Waals surface area contributed by atoms with Crippen LogP contribution in [-0.2, 0) is 0 Å². The zero-order chi connectivity index (χ0) is 16.9. The summed E-state index contributed by atoms with van der Waals surface area (Å²) in [7, 11) is 0. The molecule has 0 amide bonds. The van der Waals surface area contributed by atoms with Gasteiger partial charge in [-0.25, -0.2) is 14.4 Å². The van der Waals surface area contributed by atoms with Crippen LogP contribution in [0.15, 0.2) is 55.0 Å². The summed E-state index contributed by atoms with van der Waals surface area (Å²) >= 11 is 6.16. The van der Waals surface area contributed by atoms with Crippen LogP contribution in [0, 0.1) is 5.82 Å². The SMILES string of the molecule is C[C@H](Nc1cc(Cl)cc(Nc2cnccn2)n1)c1ccc(F)cc1. The standard InChI is InChI=1S/C17H15ClFN5/c1-11(12-2-4-14(19)5-3-12)22-15-8-13(18)9-16(23-15)24-17-10-20-6-7-21-17/h2-11H,1H3,(H2,21,22,23,24)/t11-/m0/s1. The number of pyridine rings is 1. The number of hydrogen-bond acceptors (Lipinski definition) is 5. The van der Waals surface area contributed by atoms with Gasteiger partial charge in [0.2, 0.25) is 0 Å². The molecule has 0 aliphatic carbocycles. The number of nitrogens with one attached hydrogen (secondary N) is 2. The molecule has 1 atom stereocenters. The van der Waals surface area contributed by atoms with Gasteiger partial charge in [0.05, 0.1) is 6.20 Å². The van der Waals surface area contributed by atoms with Crippen LogP contribution in [-0.4, -0.2) is 15.0 Å². The first-order valence-electron chi connectivity index (χ1n) is 7.33. The highest BCUT2D eigenvalue weighted by atomic mass is 35.5. The highest BCUT2D eigenvalue weighted by molar-refractivity contribution is 6.31. The van der Waals surface area contributed by atoms with E-state index in [2.05, 4.69) is 25.6 Å². The van der Waals surface area contributed by atoms with Crippen molar-refractivity contribution in [1.29, 1.82) is 0 Å². The Bertz CT molecular complexity index is 811. The van der Waals surface area contributed by atoms with Crippen LogP contribution in [0.2, 0.25) is 5.02 Å². The van der Waals surface area contributed by atoms with E-state index in [1.807, 2.05) is 6.92 Å². The van der Waals surface area contributed by atoms with Gasteiger partial charge in [0.25, 0.3) is 0 Å². The molecule has 0 aliphatic heterocycles. The fourth-order valence-electron chi connectivity index (χ4n) is 2.19. The number of halogens is 2. The summed E-state index contributed by atoms with van der Waals surface area (Å²) in [6.45, 7) is 1.96. The molecule has 3 rings (SSSR count). The lowest BCUT2D eigenvalue weighted by atomic mass is 10.1. The first kappa shape index (κ1) is 16.1. The van der Waals surface area contributed by atoms with Gasteiger partial charge in [0.1, 0.15) is 23.3 Å². The van der Waals surface area contributed by atoms with Crippen molar-refractivity contribution in [3.8, 4) is 0 Å². The Balaban J connectivity index is 1.77. The van der Waals surface area contributed by atoms with E-state index in [1.165, 1.54) is 12.1 Å². The number of hydrogen-bond donors (Lipinski definition) is 2. The highest BCUT2D eigenvalue weighted by Crippen LogP contribution is 2.24. The first-order chi connectivity index (χ1) is 11.6. The zero-order valence-electron chi connectivity index (χ0n) is 12.9. The third-order valence-corrected chi connectivity index (χ3v) is 3.56. The van der Waals surface area contributed by atoms with Crippen LogP contribution in [0.5, 0.6) is 0 Å². The summed E-state index contributed by atoms with van der Waals surface area (Å²) in [5.41, 5.74) is 0.946. The molecular weight excluding hydrogens is 329 g/mol.